The molecule has 0 aliphatic carbocycles. The van der Waals surface area contributed by atoms with Crippen molar-refractivity contribution in [3.63, 3.8) is 0 Å². The number of carbonyl (C=O) groups is 1. The zero-order valence-corrected chi connectivity index (χ0v) is 18.7. The summed E-state index contributed by atoms with van der Waals surface area (Å²) in [6, 6.07) is 18.3. The fraction of sp³-hybridized carbons (Fsp3) is 0.0476. The van der Waals surface area contributed by atoms with E-state index in [1.807, 2.05) is 36.4 Å². The Bertz CT molecular complexity index is 1210. The van der Waals surface area contributed by atoms with Gasteiger partial charge in [-0.3, -0.25) is 5.32 Å². The molecule has 0 bridgehead atoms. The van der Waals surface area contributed by atoms with Crippen LogP contribution in [0.25, 0.3) is 10.8 Å². The highest BCUT2D eigenvalue weighted by atomic mass is 35.5. The normalized spacial score (nSPS) is 9.91. The molecule has 8 nitrogen and oxygen atoms in total. The van der Waals surface area contributed by atoms with E-state index < -0.39 is 6.09 Å². The second-order valence-corrected chi connectivity index (χ2v) is 6.74. The maximum Gasteiger partial charge on any atom is 0.410 e. The Hall–Kier alpha value is -3.33. The Morgan fingerprint density at radius 3 is 2.44 bits per heavy atom. The van der Waals surface area contributed by atoms with Gasteiger partial charge in [-0.1, -0.05) is 29.8 Å². The molecule has 0 radical (unpaired) electrons. The van der Waals surface area contributed by atoms with Crippen LogP contribution in [-0.4, -0.2) is 26.4 Å². The molecule has 0 fully saturated rings. The lowest BCUT2D eigenvalue weighted by atomic mass is 10.2. The molecule has 0 unspecified atom stereocenters. The average Bonchev–Trinajstić information content (AvgIpc) is 2.74. The third kappa shape index (κ3) is 6.10. The lowest BCUT2D eigenvalue weighted by Crippen LogP contribution is -2.09. The zero-order valence-electron chi connectivity index (χ0n) is 16.4. The van der Waals surface area contributed by atoms with E-state index >= 15 is 0 Å². The van der Waals surface area contributed by atoms with E-state index in [0.717, 1.165) is 22.0 Å². The molecule has 1 amide bonds. The van der Waals surface area contributed by atoms with Gasteiger partial charge in [-0.25, -0.2) is 9.78 Å². The highest BCUT2D eigenvalue weighted by Crippen LogP contribution is 2.30. The second kappa shape index (κ2) is 11.3. The molecule has 3 N–H and O–H groups in total. The van der Waals surface area contributed by atoms with Gasteiger partial charge >= 0.3 is 6.09 Å². The van der Waals surface area contributed by atoms with E-state index in [4.69, 9.17) is 21.4 Å². The van der Waals surface area contributed by atoms with Crippen LogP contribution in [0.5, 0.6) is 5.88 Å². The van der Waals surface area contributed by atoms with Crippen molar-refractivity contribution in [1.82, 2.24) is 15.2 Å². The number of benzene rings is 2. The first-order valence-corrected chi connectivity index (χ1v) is 9.32. The van der Waals surface area contributed by atoms with Crippen molar-refractivity contribution in [2.75, 3.05) is 10.6 Å². The Kier molecular flexibility index (Phi) is 8.83. The van der Waals surface area contributed by atoms with Crippen LogP contribution in [0.2, 0.25) is 5.02 Å². The van der Waals surface area contributed by atoms with Crippen molar-refractivity contribution < 1.29 is 14.6 Å². The summed E-state index contributed by atoms with van der Waals surface area (Å²) in [5, 5.41) is 25.1. The van der Waals surface area contributed by atoms with Crippen molar-refractivity contribution in [3.05, 3.63) is 77.4 Å². The second-order valence-electron chi connectivity index (χ2n) is 6.30. The molecule has 2 aromatic carbocycles. The fourth-order valence-electron chi connectivity index (χ4n) is 2.84. The molecule has 0 aliphatic rings. The summed E-state index contributed by atoms with van der Waals surface area (Å²) in [7, 11) is 0. The molecule has 32 heavy (non-hydrogen) atoms. The van der Waals surface area contributed by atoms with Gasteiger partial charge in [-0.2, -0.15) is 0 Å². The fourth-order valence-corrected chi connectivity index (χ4v) is 2.97. The summed E-state index contributed by atoms with van der Waals surface area (Å²) >= 11 is 5.94. The lowest BCUT2D eigenvalue weighted by molar-refractivity contribution is 0.209. The number of rotatable bonds is 6. The Morgan fingerprint density at radius 1 is 1.00 bits per heavy atom. The van der Waals surface area contributed by atoms with Crippen LogP contribution < -0.4 is 15.4 Å². The number of hydrogen-bond acceptors (Lipinski definition) is 6. The van der Waals surface area contributed by atoms with Crippen LogP contribution in [0.3, 0.4) is 0 Å². The van der Waals surface area contributed by atoms with Gasteiger partial charge in [0, 0.05) is 27.7 Å². The minimum absolute atomic E-state index is 0. The van der Waals surface area contributed by atoms with Gasteiger partial charge < -0.3 is 15.2 Å². The molecule has 2 aromatic heterocycles. The molecule has 0 spiro atoms. The molecule has 166 valence electrons. The maximum atomic E-state index is 10.8. The third-order valence-corrected chi connectivity index (χ3v) is 4.45. The molecule has 2 heterocycles. The first kappa shape index (κ1) is 24.9. The molecule has 4 rings (SSSR count). The van der Waals surface area contributed by atoms with E-state index in [0.29, 0.717) is 16.7 Å². The monoisotopic (exact) mass is 493 g/mol. The first-order chi connectivity index (χ1) is 14.6. The third-order valence-electron chi connectivity index (χ3n) is 4.20. The van der Waals surface area contributed by atoms with Crippen LogP contribution in [0.1, 0.15) is 5.56 Å². The summed E-state index contributed by atoms with van der Waals surface area (Å²) in [6.07, 6.45) is 0.327. The highest BCUT2D eigenvalue weighted by molar-refractivity contribution is 6.30. The van der Waals surface area contributed by atoms with Gasteiger partial charge in [0.25, 0.3) is 0 Å². The predicted octanol–water partition coefficient (Wildman–Crippen LogP) is 5.93. The van der Waals surface area contributed by atoms with E-state index in [1.54, 1.807) is 24.3 Å². The summed E-state index contributed by atoms with van der Waals surface area (Å²) in [4.78, 5) is 14.7. The summed E-state index contributed by atoms with van der Waals surface area (Å²) < 4.78 is 5.86. The largest absolute Gasteiger partial charge is 0.471 e. The van der Waals surface area contributed by atoms with Crippen LogP contribution in [0, 0.1) is 0 Å². The topological polar surface area (TPSA) is 109 Å². The Labute approximate surface area is 200 Å². The van der Waals surface area contributed by atoms with Crippen molar-refractivity contribution in [2.24, 2.45) is 0 Å². The minimum atomic E-state index is -1.18. The SMILES string of the molecule is Cl.Cl.O=C(O)Nc1cc(COc2nnc(Nc3ccc(Cl)cc3)c3ccccc23)ccn1. The Morgan fingerprint density at radius 2 is 1.72 bits per heavy atom. The number of carboxylic acid groups (broad SMARTS) is 1. The first-order valence-electron chi connectivity index (χ1n) is 8.94. The number of anilines is 3. The molecule has 0 atom stereocenters. The van der Waals surface area contributed by atoms with Crippen LogP contribution in [-0.2, 0) is 6.61 Å². The number of nitrogens with one attached hydrogen (secondary N) is 2. The van der Waals surface area contributed by atoms with Crippen molar-refractivity contribution in [1.29, 1.82) is 0 Å². The van der Waals surface area contributed by atoms with E-state index in [9.17, 15) is 4.79 Å². The van der Waals surface area contributed by atoms with Crippen LogP contribution in [0.15, 0.2) is 66.9 Å². The number of pyridine rings is 1. The minimum Gasteiger partial charge on any atom is -0.471 e. The molecule has 4 aromatic rings. The van der Waals surface area contributed by atoms with Crippen molar-refractivity contribution in [2.45, 2.75) is 6.61 Å². The zero-order chi connectivity index (χ0) is 20.9. The van der Waals surface area contributed by atoms with E-state index in [-0.39, 0.29) is 37.2 Å². The molecule has 11 heteroatoms. The number of nitrogens with zero attached hydrogens (tertiary/aromatic N) is 3. The average molecular weight is 495 g/mol. The van der Waals surface area contributed by atoms with Crippen LogP contribution >= 0.6 is 36.4 Å². The number of hydrogen-bond donors (Lipinski definition) is 3. The van der Waals surface area contributed by atoms with Gasteiger partial charge in [0.2, 0.25) is 5.88 Å². The number of fused-ring (bicyclic) bond motifs is 1. The quantitative estimate of drug-likeness (QED) is 0.304. The highest BCUT2D eigenvalue weighted by Gasteiger charge is 2.11. The van der Waals surface area contributed by atoms with Gasteiger partial charge in [0.05, 0.1) is 0 Å². The molecule has 0 saturated heterocycles. The molecular formula is C21H18Cl3N5O3. The van der Waals surface area contributed by atoms with E-state index in [2.05, 4.69) is 25.8 Å². The Balaban J connectivity index is 0.00000181. The summed E-state index contributed by atoms with van der Waals surface area (Å²) in [5.74, 6) is 1.19. The number of halogens is 3. The van der Waals surface area contributed by atoms with Gasteiger partial charge in [-0.05, 0) is 48.0 Å². The smallest absolute Gasteiger partial charge is 0.410 e. The van der Waals surface area contributed by atoms with Gasteiger partial charge in [0.15, 0.2) is 5.82 Å². The summed E-state index contributed by atoms with van der Waals surface area (Å²) in [5.41, 5.74) is 1.57. The molecular weight excluding hydrogens is 477 g/mol. The number of ether oxygens (including phenoxy) is 1. The summed E-state index contributed by atoms with van der Waals surface area (Å²) in [6.45, 7) is 0.180. The predicted molar refractivity (Wildman–Crippen MR) is 129 cm³/mol. The van der Waals surface area contributed by atoms with Gasteiger partial charge in [0.1, 0.15) is 12.4 Å². The standard InChI is InChI=1S/C21H16ClN5O3.2ClH/c22-14-5-7-15(8-6-14)24-19-16-3-1-2-4-17(16)20(27-26-19)30-12-13-9-10-23-18(11-13)25-21(28)29;;/h1-11H,12H2,(H,23,25)(H,24,26)(H,28,29);2*1H. The van der Waals surface area contributed by atoms with Gasteiger partial charge in [-0.15, -0.1) is 35.0 Å². The maximum absolute atomic E-state index is 10.8. The molecule has 0 saturated carbocycles. The molecule has 0 aliphatic heterocycles. The lowest BCUT2D eigenvalue weighted by Gasteiger charge is -2.12. The van der Waals surface area contributed by atoms with Crippen molar-refractivity contribution in [3.8, 4) is 5.88 Å². The number of amides is 1. The van der Waals surface area contributed by atoms with E-state index in [1.165, 1.54) is 6.20 Å². The van der Waals surface area contributed by atoms with Crippen molar-refractivity contribution >= 4 is 70.6 Å². The van der Waals surface area contributed by atoms with Crippen LogP contribution in [0.4, 0.5) is 22.1 Å². The number of aromatic nitrogens is 3.